The minimum Gasteiger partial charge on any atom is -0.495 e. The molecule has 25 heavy (non-hydrogen) atoms. The van der Waals surface area contributed by atoms with Crippen molar-refractivity contribution < 1.29 is 13.2 Å². The number of sulfone groups is 1. The minimum atomic E-state index is -3.62. The summed E-state index contributed by atoms with van der Waals surface area (Å²) in [7, 11) is -2.18. The highest BCUT2D eigenvalue weighted by atomic mass is 32.2. The molecule has 0 aliphatic carbocycles. The van der Waals surface area contributed by atoms with E-state index in [0.717, 1.165) is 0 Å². The van der Waals surface area contributed by atoms with Crippen LogP contribution >= 0.6 is 0 Å². The van der Waals surface area contributed by atoms with Gasteiger partial charge in [-0.25, -0.2) is 23.4 Å². The van der Waals surface area contributed by atoms with Crippen LogP contribution < -0.4 is 10.5 Å². The highest BCUT2D eigenvalue weighted by Gasteiger charge is 2.34. The summed E-state index contributed by atoms with van der Waals surface area (Å²) in [5, 5.41) is 0. The van der Waals surface area contributed by atoms with Crippen LogP contribution in [0.25, 0.3) is 16.9 Å². The van der Waals surface area contributed by atoms with E-state index < -0.39 is 14.6 Å². The second-order valence-electron chi connectivity index (χ2n) is 6.52. The number of imidazole rings is 1. The van der Waals surface area contributed by atoms with Crippen molar-refractivity contribution in [3.8, 4) is 17.0 Å². The lowest BCUT2D eigenvalue weighted by molar-refractivity contribution is 0.401. The number of rotatable bonds is 3. The lowest BCUT2D eigenvalue weighted by Crippen LogP contribution is -2.28. The molecule has 2 N–H and O–H groups in total. The minimum absolute atomic E-state index is 0.102. The normalized spacial score (nSPS) is 12.5. The van der Waals surface area contributed by atoms with E-state index in [2.05, 4.69) is 15.0 Å². The maximum absolute atomic E-state index is 12.9. The molecule has 0 aliphatic rings. The van der Waals surface area contributed by atoms with Crippen molar-refractivity contribution in [3.05, 3.63) is 30.9 Å². The SMILES string of the molecule is COc1cc2ncc(-c3cnc(N)nc3)n2cc1S(=O)(=O)C(C)(C)C. The molecule has 0 aliphatic heterocycles. The first-order valence-electron chi connectivity index (χ1n) is 7.53. The molecule has 9 heteroatoms. The summed E-state index contributed by atoms with van der Waals surface area (Å²) in [4.78, 5) is 12.4. The summed E-state index contributed by atoms with van der Waals surface area (Å²) < 4.78 is 31.9. The molecule has 0 aromatic carbocycles. The van der Waals surface area contributed by atoms with Crippen molar-refractivity contribution in [3.63, 3.8) is 0 Å². The van der Waals surface area contributed by atoms with Gasteiger partial charge in [-0.3, -0.25) is 4.40 Å². The van der Waals surface area contributed by atoms with Crippen molar-refractivity contribution in [2.24, 2.45) is 0 Å². The second-order valence-corrected chi connectivity index (χ2v) is 9.19. The summed E-state index contributed by atoms with van der Waals surface area (Å²) in [5.74, 6) is 0.420. The molecular formula is C16H19N5O3S. The van der Waals surface area contributed by atoms with E-state index in [4.69, 9.17) is 10.5 Å². The Hall–Kier alpha value is -2.68. The summed E-state index contributed by atoms with van der Waals surface area (Å²) >= 11 is 0. The molecule has 0 unspecified atom stereocenters. The Bertz CT molecular complexity index is 1030. The summed E-state index contributed by atoms with van der Waals surface area (Å²) in [6, 6.07) is 1.60. The van der Waals surface area contributed by atoms with E-state index in [0.29, 0.717) is 16.9 Å². The molecule has 0 amide bonds. The lowest BCUT2D eigenvalue weighted by atomic mass is 10.2. The van der Waals surface area contributed by atoms with Crippen molar-refractivity contribution >= 4 is 21.4 Å². The van der Waals surface area contributed by atoms with Crippen LogP contribution in [0.5, 0.6) is 5.75 Å². The average molecular weight is 361 g/mol. The van der Waals surface area contributed by atoms with Crippen LogP contribution in [0.3, 0.4) is 0 Å². The number of ether oxygens (including phenoxy) is 1. The van der Waals surface area contributed by atoms with Gasteiger partial charge >= 0.3 is 0 Å². The molecule has 0 bridgehead atoms. The lowest BCUT2D eigenvalue weighted by Gasteiger charge is -2.21. The smallest absolute Gasteiger partial charge is 0.219 e. The zero-order valence-corrected chi connectivity index (χ0v) is 15.2. The van der Waals surface area contributed by atoms with Gasteiger partial charge in [-0.15, -0.1) is 0 Å². The fourth-order valence-electron chi connectivity index (χ4n) is 2.36. The number of nitrogens with zero attached hydrogens (tertiary/aromatic N) is 4. The molecule has 3 heterocycles. The molecule has 3 rings (SSSR count). The van der Waals surface area contributed by atoms with Crippen LogP contribution in [0.2, 0.25) is 0 Å². The van der Waals surface area contributed by atoms with Crippen molar-refractivity contribution in [1.82, 2.24) is 19.4 Å². The molecular weight excluding hydrogens is 342 g/mol. The summed E-state index contributed by atoms with van der Waals surface area (Å²) in [6.45, 7) is 4.94. The Morgan fingerprint density at radius 3 is 2.32 bits per heavy atom. The maximum Gasteiger partial charge on any atom is 0.219 e. The van der Waals surface area contributed by atoms with Gasteiger partial charge < -0.3 is 10.5 Å². The Morgan fingerprint density at radius 2 is 1.76 bits per heavy atom. The van der Waals surface area contributed by atoms with Crippen molar-refractivity contribution in [2.45, 2.75) is 30.4 Å². The number of aromatic nitrogens is 4. The topological polar surface area (TPSA) is 112 Å². The predicted octanol–water partition coefficient (Wildman–Crippen LogP) is 1.95. The van der Waals surface area contributed by atoms with Gasteiger partial charge in [0.1, 0.15) is 16.3 Å². The van der Waals surface area contributed by atoms with Crippen molar-refractivity contribution in [2.75, 3.05) is 12.8 Å². The molecule has 0 saturated heterocycles. The van der Waals surface area contributed by atoms with Gasteiger partial charge in [0.05, 0.1) is 23.7 Å². The van der Waals surface area contributed by atoms with Crippen LogP contribution in [0, 0.1) is 0 Å². The van der Waals surface area contributed by atoms with Gasteiger partial charge in [-0.1, -0.05) is 0 Å². The quantitative estimate of drug-likeness (QED) is 0.758. The Kier molecular flexibility index (Phi) is 3.91. The molecule has 3 aromatic rings. The molecule has 0 fully saturated rings. The first kappa shape index (κ1) is 17.2. The maximum atomic E-state index is 12.9. The van der Waals surface area contributed by atoms with E-state index in [1.807, 2.05) is 0 Å². The molecule has 0 radical (unpaired) electrons. The Labute approximate surface area is 145 Å². The first-order chi connectivity index (χ1) is 11.6. The third kappa shape index (κ3) is 2.80. The molecule has 0 spiro atoms. The van der Waals surface area contributed by atoms with Gasteiger partial charge in [-0.05, 0) is 20.8 Å². The standard InChI is InChI=1S/C16H19N5O3S/c1-16(2,3)25(22,23)13-9-21-11(10-6-19-15(17)20-7-10)8-18-14(21)5-12(13)24-4/h5-9H,1-4H3,(H2,17,19,20). The monoisotopic (exact) mass is 361 g/mol. The van der Waals surface area contributed by atoms with Crippen LogP contribution in [-0.2, 0) is 9.84 Å². The number of hydrogen-bond donors (Lipinski definition) is 1. The predicted molar refractivity (Wildman–Crippen MR) is 94.1 cm³/mol. The van der Waals surface area contributed by atoms with Crippen LogP contribution in [0.15, 0.2) is 35.7 Å². The van der Waals surface area contributed by atoms with Crippen molar-refractivity contribution in [1.29, 1.82) is 0 Å². The molecule has 0 atom stereocenters. The Morgan fingerprint density at radius 1 is 1.12 bits per heavy atom. The highest BCUT2D eigenvalue weighted by Crippen LogP contribution is 2.34. The second kappa shape index (κ2) is 5.69. The Balaban J connectivity index is 2.29. The zero-order valence-electron chi connectivity index (χ0n) is 14.4. The molecule has 0 saturated carbocycles. The van der Waals surface area contributed by atoms with Crippen LogP contribution in [0.4, 0.5) is 5.95 Å². The fourth-order valence-corrected chi connectivity index (χ4v) is 3.67. The first-order valence-corrected chi connectivity index (χ1v) is 9.01. The largest absolute Gasteiger partial charge is 0.495 e. The summed E-state index contributed by atoms with van der Waals surface area (Å²) in [6.07, 6.45) is 6.27. The zero-order chi connectivity index (χ0) is 18.4. The van der Waals surface area contributed by atoms with Gasteiger partial charge in [-0.2, -0.15) is 0 Å². The molecule has 3 aromatic heterocycles. The van der Waals surface area contributed by atoms with Gasteiger partial charge in [0.25, 0.3) is 0 Å². The third-order valence-corrected chi connectivity index (χ3v) is 6.36. The van der Waals surface area contributed by atoms with Crippen LogP contribution in [0.1, 0.15) is 20.8 Å². The van der Waals surface area contributed by atoms with Crippen LogP contribution in [-0.4, -0.2) is 39.6 Å². The highest BCUT2D eigenvalue weighted by molar-refractivity contribution is 7.92. The fraction of sp³-hybridized carbons (Fsp3) is 0.312. The number of hydrogen-bond acceptors (Lipinski definition) is 7. The molecule has 8 nitrogen and oxygen atoms in total. The average Bonchev–Trinajstić information content (AvgIpc) is 2.96. The van der Waals surface area contributed by atoms with Gasteiger partial charge in [0, 0.05) is 30.2 Å². The number of fused-ring (bicyclic) bond motifs is 1. The number of nitrogens with two attached hydrogens (primary N) is 1. The summed E-state index contributed by atoms with van der Waals surface area (Å²) in [5.41, 5.74) is 7.40. The molecule has 132 valence electrons. The number of anilines is 1. The third-order valence-electron chi connectivity index (χ3n) is 3.86. The van der Waals surface area contributed by atoms with Gasteiger partial charge in [0.2, 0.25) is 5.95 Å². The van der Waals surface area contributed by atoms with E-state index in [9.17, 15) is 8.42 Å². The van der Waals surface area contributed by atoms with E-state index in [1.54, 1.807) is 49.8 Å². The van der Waals surface area contributed by atoms with E-state index in [1.165, 1.54) is 13.3 Å². The number of nitrogen functional groups attached to an aromatic ring is 1. The van der Waals surface area contributed by atoms with E-state index in [-0.39, 0.29) is 16.6 Å². The van der Waals surface area contributed by atoms with Gasteiger partial charge in [0.15, 0.2) is 9.84 Å². The van der Waals surface area contributed by atoms with E-state index >= 15 is 0 Å². The number of methoxy groups -OCH3 is 1. The number of pyridine rings is 1.